The van der Waals surface area contributed by atoms with E-state index in [-0.39, 0.29) is 45.0 Å². The number of carbonyl (C=O) groups excluding carboxylic acids is 1. The summed E-state index contributed by atoms with van der Waals surface area (Å²) in [5.41, 5.74) is -1.12. The molecule has 35 heavy (non-hydrogen) atoms. The number of halogens is 3. The first kappa shape index (κ1) is 28.1. The maximum atomic E-state index is 12.0. The van der Waals surface area contributed by atoms with Crippen molar-refractivity contribution < 1.29 is 19.4 Å². The Balaban J connectivity index is 0.000000328. The summed E-state index contributed by atoms with van der Waals surface area (Å²) in [5, 5.41) is 23.8. The van der Waals surface area contributed by atoms with Gasteiger partial charge in [0.25, 0.3) is 0 Å². The minimum Gasteiger partial charge on any atom is -0.444 e. The zero-order valence-corrected chi connectivity index (χ0v) is 21.0. The van der Waals surface area contributed by atoms with Gasteiger partial charge >= 0.3 is 17.5 Å². The zero-order chi connectivity index (χ0) is 26.3. The van der Waals surface area contributed by atoms with Gasteiger partial charge < -0.3 is 15.0 Å². The summed E-state index contributed by atoms with van der Waals surface area (Å²) in [6.07, 6.45) is 2.93. The molecule has 0 radical (unpaired) electrons. The van der Waals surface area contributed by atoms with Gasteiger partial charge in [0.2, 0.25) is 21.5 Å². The SMILES string of the molecule is CC(C)(C)OC(=O)N1CCC(Nc2nc(Cl)ncc2[N+](=O)[O-])CC1.O=[N+]([O-])c1cnc(Cl)nc1Cl. The molecule has 0 atom stereocenters. The monoisotopic (exact) mass is 550 g/mol. The molecule has 17 heteroatoms. The second kappa shape index (κ2) is 12.0. The summed E-state index contributed by atoms with van der Waals surface area (Å²) in [4.78, 5) is 47.8. The van der Waals surface area contributed by atoms with Gasteiger partial charge in [0.15, 0.2) is 0 Å². The number of ether oxygens (including phenoxy) is 1. The van der Waals surface area contributed by atoms with Crippen LogP contribution in [0.5, 0.6) is 0 Å². The maximum Gasteiger partial charge on any atom is 0.410 e. The number of nitro groups is 2. The minimum atomic E-state index is -0.682. The maximum absolute atomic E-state index is 12.0. The number of hydrogen-bond acceptors (Lipinski definition) is 11. The van der Waals surface area contributed by atoms with E-state index in [0.717, 1.165) is 12.4 Å². The highest BCUT2D eigenvalue weighted by Gasteiger charge is 2.28. The predicted octanol–water partition coefficient (Wildman–Crippen LogP) is 4.54. The predicted molar refractivity (Wildman–Crippen MR) is 127 cm³/mol. The quantitative estimate of drug-likeness (QED) is 0.244. The highest BCUT2D eigenvalue weighted by Crippen LogP contribution is 2.25. The molecule has 1 aliphatic heterocycles. The highest BCUT2D eigenvalue weighted by molar-refractivity contribution is 6.33. The lowest BCUT2D eigenvalue weighted by Gasteiger charge is -2.33. The van der Waals surface area contributed by atoms with E-state index in [9.17, 15) is 25.0 Å². The van der Waals surface area contributed by atoms with Crippen LogP contribution in [0.1, 0.15) is 33.6 Å². The number of likely N-dealkylation sites (tertiary alicyclic amines) is 1. The number of carbonyl (C=O) groups is 1. The molecule has 2 aromatic rings. The number of nitrogens with zero attached hydrogens (tertiary/aromatic N) is 7. The second-order valence-corrected chi connectivity index (χ2v) is 9.12. The summed E-state index contributed by atoms with van der Waals surface area (Å²) in [6, 6.07) is -0.0478. The first-order valence-corrected chi connectivity index (χ1v) is 11.1. The van der Waals surface area contributed by atoms with Crippen LogP contribution in [0.25, 0.3) is 0 Å². The van der Waals surface area contributed by atoms with Crippen LogP contribution in [0.15, 0.2) is 12.4 Å². The molecule has 1 fully saturated rings. The first-order valence-electron chi connectivity index (χ1n) is 10.0. The fourth-order valence-corrected chi connectivity index (χ4v) is 3.29. The van der Waals surface area contributed by atoms with Crippen molar-refractivity contribution in [1.82, 2.24) is 24.8 Å². The van der Waals surface area contributed by atoms with Crippen LogP contribution < -0.4 is 5.32 Å². The normalized spacial score (nSPS) is 13.9. The number of aromatic nitrogens is 4. The molecule has 1 aliphatic rings. The average molecular weight is 552 g/mol. The highest BCUT2D eigenvalue weighted by atomic mass is 35.5. The Kier molecular flexibility index (Phi) is 9.68. The largest absolute Gasteiger partial charge is 0.444 e. The Hall–Kier alpha value is -3.10. The molecule has 0 spiro atoms. The summed E-state index contributed by atoms with van der Waals surface area (Å²) in [5.74, 6) is 0.0933. The topological polar surface area (TPSA) is 179 Å². The van der Waals surface area contributed by atoms with Crippen LogP contribution >= 0.6 is 34.8 Å². The molecule has 1 saturated heterocycles. The number of hydrogen-bond donors (Lipinski definition) is 1. The van der Waals surface area contributed by atoms with E-state index >= 15 is 0 Å². The minimum absolute atomic E-state index is 0.0478. The van der Waals surface area contributed by atoms with Crippen LogP contribution in [-0.4, -0.2) is 65.5 Å². The van der Waals surface area contributed by atoms with Gasteiger partial charge in [-0.2, -0.15) is 9.97 Å². The van der Waals surface area contributed by atoms with E-state index in [1.54, 1.807) is 4.90 Å². The van der Waals surface area contributed by atoms with Gasteiger partial charge in [-0.05, 0) is 56.8 Å². The van der Waals surface area contributed by atoms with E-state index in [4.69, 9.17) is 39.5 Å². The molecule has 0 aromatic carbocycles. The fraction of sp³-hybridized carbons (Fsp3) is 0.500. The molecule has 2 aromatic heterocycles. The Morgan fingerprint density at radius 3 is 2.03 bits per heavy atom. The van der Waals surface area contributed by atoms with E-state index in [0.29, 0.717) is 25.9 Å². The zero-order valence-electron chi connectivity index (χ0n) is 18.8. The molecule has 14 nitrogen and oxygen atoms in total. The fourth-order valence-electron chi connectivity index (χ4n) is 2.78. The molecule has 1 N–H and O–H groups in total. The van der Waals surface area contributed by atoms with Crippen molar-refractivity contribution in [2.45, 2.75) is 45.3 Å². The van der Waals surface area contributed by atoms with Gasteiger partial charge in [0.1, 0.15) is 18.0 Å². The van der Waals surface area contributed by atoms with Crippen LogP contribution in [0.4, 0.5) is 22.0 Å². The Morgan fingerprint density at radius 1 is 1.03 bits per heavy atom. The van der Waals surface area contributed by atoms with Crippen molar-refractivity contribution in [3.05, 3.63) is 48.3 Å². The molecule has 0 saturated carbocycles. The Morgan fingerprint density at radius 2 is 1.54 bits per heavy atom. The molecule has 190 valence electrons. The molecule has 1 amide bonds. The summed E-state index contributed by atoms with van der Waals surface area (Å²) < 4.78 is 5.34. The number of anilines is 1. The van der Waals surface area contributed by atoms with E-state index in [2.05, 4.69) is 25.3 Å². The lowest BCUT2D eigenvalue weighted by atomic mass is 10.1. The van der Waals surface area contributed by atoms with E-state index < -0.39 is 15.4 Å². The Labute approximate surface area is 214 Å². The van der Waals surface area contributed by atoms with Gasteiger partial charge in [0, 0.05) is 19.1 Å². The lowest BCUT2D eigenvalue weighted by molar-refractivity contribution is -0.385. The standard InChI is InChI=1S/C14H20ClN5O4.C4HCl2N3O2/c1-14(2,3)24-13(21)19-6-4-9(5-7-19)17-11-10(20(22)23)8-16-12(15)18-11;5-3-2(9(10)11)1-7-4(6)8-3/h8-9H,4-7H2,1-3H3,(H,16,17,18);1H. The summed E-state index contributed by atoms with van der Waals surface area (Å²) in [7, 11) is 0. The molecule has 3 heterocycles. The van der Waals surface area contributed by atoms with Crippen molar-refractivity contribution >= 4 is 58.1 Å². The molecular formula is C18H21Cl3N8O6. The third kappa shape index (κ3) is 8.88. The van der Waals surface area contributed by atoms with Crippen molar-refractivity contribution in [1.29, 1.82) is 0 Å². The third-order valence-electron chi connectivity index (χ3n) is 4.32. The van der Waals surface area contributed by atoms with Crippen molar-refractivity contribution in [2.75, 3.05) is 18.4 Å². The van der Waals surface area contributed by atoms with Crippen molar-refractivity contribution in [3.63, 3.8) is 0 Å². The first-order chi connectivity index (χ1) is 16.3. The molecular weight excluding hydrogens is 531 g/mol. The van der Waals surface area contributed by atoms with Crippen molar-refractivity contribution in [3.8, 4) is 0 Å². The molecule has 3 rings (SSSR count). The van der Waals surface area contributed by atoms with Crippen molar-refractivity contribution in [2.24, 2.45) is 0 Å². The molecule has 0 bridgehead atoms. The van der Waals surface area contributed by atoms with Crippen LogP contribution in [0, 0.1) is 20.2 Å². The summed E-state index contributed by atoms with van der Waals surface area (Å²) >= 11 is 16.4. The van der Waals surface area contributed by atoms with Gasteiger partial charge in [0.05, 0.1) is 9.85 Å². The van der Waals surface area contributed by atoms with Gasteiger partial charge in [-0.15, -0.1) is 0 Å². The lowest BCUT2D eigenvalue weighted by Crippen LogP contribution is -2.44. The van der Waals surface area contributed by atoms with E-state index in [1.807, 2.05) is 20.8 Å². The van der Waals surface area contributed by atoms with Gasteiger partial charge in [-0.1, -0.05) is 11.6 Å². The van der Waals surface area contributed by atoms with Gasteiger partial charge in [-0.25, -0.2) is 14.8 Å². The third-order valence-corrected chi connectivity index (χ3v) is 4.96. The number of amides is 1. The van der Waals surface area contributed by atoms with Gasteiger partial charge in [-0.3, -0.25) is 20.2 Å². The van der Waals surface area contributed by atoms with Crippen LogP contribution in [0.2, 0.25) is 15.7 Å². The summed E-state index contributed by atoms with van der Waals surface area (Å²) in [6.45, 7) is 6.45. The van der Waals surface area contributed by atoms with E-state index in [1.165, 1.54) is 0 Å². The smallest absolute Gasteiger partial charge is 0.410 e. The number of piperidine rings is 1. The molecule has 0 unspecified atom stereocenters. The van der Waals surface area contributed by atoms with Crippen LogP contribution in [0.3, 0.4) is 0 Å². The number of nitrogens with one attached hydrogen (secondary N) is 1. The molecule has 0 aliphatic carbocycles. The Bertz CT molecular complexity index is 1090. The average Bonchev–Trinajstić information content (AvgIpc) is 2.73. The van der Waals surface area contributed by atoms with Crippen LogP contribution in [-0.2, 0) is 4.74 Å². The number of rotatable bonds is 4. The second-order valence-electron chi connectivity index (χ2n) is 8.09.